The Labute approximate surface area is 88.7 Å². The second kappa shape index (κ2) is 4.44. The van der Waals surface area contributed by atoms with Gasteiger partial charge in [0.1, 0.15) is 18.0 Å². The van der Waals surface area contributed by atoms with Gasteiger partial charge < -0.3 is 16.2 Å². The summed E-state index contributed by atoms with van der Waals surface area (Å²) >= 11 is 0. The lowest BCUT2D eigenvalue weighted by Crippen LogP contribution is -2.13. The normalized spacial score (nSPS) is 25.4. The number of rotatable bonds is 3. The summed E-state index contributed by atoms with van der Waals surface area (Å²) in [4.78, 5) is 7.87. The Morgan fingerprint density at radius 1 is 1.47 bits per heavy atom. The largest absolute Gasteiger partial charge is 0.393 e. The average Bonchev–Trinajstić information content (AvgIpc) is 2.62. The fourth-order valence-corrected chi connectivity index (χ4v) is 1.95. The van der Waals surface area contributed by atoms with Crippen LogP contribution in [-0.4, -0.2) is 27.7 Å². The molecule has 0 spiro atoms. The highest BCUT2D eigenvalue weighted by Crippen LogP contribution is 2.25. The van der Waals surface area contributed by atoms with Gasteiger partial charge in [0.25, 0.3) is 0 Å². The summed E-state index contributed by atoms with van der Waals surface area (Å²) in [5.74, 6) is 1.76. The number of nitrogens with two attached hydrogens (primary N) is 1. The minimum absolute atomic E-state index is 0.118. The minimum atomic E-state index is -0.118. The van der Waals surface area contributed by atoms with Crippen molar-refractivity contribution in [3.05, 3.63) is 12.4 Å². The lowest BCUT2D eigenvalue weighted by atomic mass is 10.1. The fraction of sp³-hybridized carbons (Fsp3) is 0.600. The molecule has 15 heavy (non-hydrogen) atoms. The fourth-order valence-electron chi connectivity index (χ4n) is 1.95. The zero-order valence-electron chi connectivity index (χ0n) is 8.56. The van der Waals surface area contributed by atoms with Crippen LogP contribution in [0.1, 0.15) is 19.3 Å². The van der Waals surface area contributed by atoms with Gasteiger partial charge in [-0.25, -0.2) is 9.97 Å². The van der Waals surface area contributed by atoms with Crippen molar-refractivity contribution < 1.29 is 5.11 Å². The van der Waals surface area contributed by atoms with Crippen LogP contribution in [0.15, 0.2) is 12.4 Å². The van der Waals surface area contributed by atoms with E-state index < -0.39 is 0 Å². The average molecular weight is 208 g/mol. The molecular weight excluding hydrogens is 192 g/mol. The Morgan fingerprint density at radius 2 is 2.33 bits per heavy atom. The van der Waals surface area contributed by atoms with Crippen molar-refractivity contribution in [3.63, 3.8) is 0 Å². The summed E-state index contributed by atoms with van der Waals surface area (Å²) in [6.07, 6.45) is 4.20. The van der Waals surface area contributed by atoms with Crippen molar-refractivity contribution in [1.82, 2.24) is 9.97 Å². The van der Waals surface area contributed by atoms with Gasteiger partial charge in [0, 0.05) is 12.6 Å². The standard InChI is InChI=1S/C10H16N4O/c11-9-4-10(14-6-13-9)12-5-7-1-2-8(15)3-7/h4,6-8,15H,1-3,5H2,(H3,11,12,13,14). The van der Waals surface area contributed by atoms with Gasteiger partial charge in [-0.1, -0.05) is 0 Å². The maximum atomic E-state index is 9.37. The number of hydrogen-bond donors (Lipinski definition) is 3. The summed E-state index contributed by atoms with van der Waals surface area (Å²) in [5, 5.41) is 12.6. The molecule has 1 heterocycles. The van der Waals surface area contributed by atoms with Gasteiger partial charge in [0.15, 0.2) is 0 Å². The van der Waals surface area contributed by atoms with E-state index in [9.17, 15) is 5.11 Å². The number of aliphatic hydroxyl groups is 1. The van der Waals surface area contributed by atoms with Crippen LogP contribution in [0.4, 0.5) is 11.6 Å². The van der Waals surface area contributed by atoms with E-state index in [4.69, 9.17) is 5.73 Å². The monoisotopic (exact) mass is 208 g/mol. The Morgan fingerprint density at radius 3 is 3.00 bits per heavy atom. The topological polar surface area (TPSA) is 84.1 Å². The molecule has 2 atom stereocenters. The summed E-state index contributed by atoms with van der Waals surface area (Å²) in [6.45, 7) is 0.841. The van der Waals surface area contributed by atoms with E-state index in [-0.39, 0.29) is 6.10 Å². The molecule has 0 radical (unpaired) electrons. The first-order chi connectivity index (χ1) is 7.24. The van der Waals surface area contributed by atoms with Crippen LogP contribution in [0.3, 0.4) is 0 Å². The molecule has 5 nitrogen and oxygen atoms in total. The third-order valence-corrected chi connectivity index (χ3v) is 2.77. The molecule has 2 rings (SSSR count). The number of aliphatic hydroxyl groups excluding tert-OH is 1. The van der Waals surface area contributed by atoms with E-state index in [2.05, 4.69) is 15.3 Å². The summed E-state index contributed by atoms with van der Waals surface area (Å²) in [7, 11) is 0. The van der Waals surface area contributed by atoms with Gasteiger partial charge >= 0.3 is 0 Å². The Balaban J connectivity index is 1.83. The molecule has 1 aliphatic carbocycles. The molecule has 5 heteroatoms. The molecule has 2 unspecified atom stereocenters. The predicted molar refractivity (Wildman–Crippen MR) is 58.3 cm³/mol. The Hall–Kier alpha value is -1.36. The second-order valence-electron chi connectivity index (χ2n) is 4.04. The van der Waals surface area contributed by atoms with Crippen LogP contribution in [0, 0.1) is 5.92 Å². The SMILES string of the molecule is Nc1cc(NCC2CCC(O)C2)ncn1. The van der Waals surface area contributed by atoms with Crippen molar-refractivity contribution in [2.45, 2.75) is 25.4 Å². The molecule has 1 aliphatic rings. The van der Waals surface area contributed by atoms with Gasteiger partial charge in [0.2, 0.25) is 0 Å². The summed E-state index contributed by atoms with van der Waals surface area (Å²) in [6, 6.07) is 1.71. The molecule has 0 saturated heterocycles. The molecule has 1 aromatic heterocycles. The van der Waals surface area contributed by atoms with Crippen molar-refractivity contribution in [1.29, 1.82) is 0 Å². The smallest absolute Gasteiger partial charge is 0.131 e. The van der Waals surface area contributed by atoms with E-state index in [1.807, 2.05) is 0 Å². The van der Waals surface area contributed by atoms with Gasteiger partial charge in [0.05, 0.1) is 6.10 Å². The first-order valence-corrected chi connectivity index (χ1v) is 5.23. The van der Waals surface area contributed by atoms with Crippen molar-refractivity contribution >= 4 is 11.6 Å². The summed E-state index contributed by atoms with van der Waals surface area (Å²) in [5.41, 5.74) is 5.53. The van der Waals surface area contributed by atoms with E-state index >= 15 is 0 Å². The van der Waals surface area contributed by atoms with Gasteiger partial charge in [-0.05, 0) is 25.2 Å². The van der Waals surface area contributed by atoms with Crippen LogP contribution in [-0.2, 0) is 0 Å². The third-order valence-electron chi connectivity index (χ3n) is 2.77. The molecule has 1 saturated carbocycles. The summed E-state index contributed by atoms with van der Waals surface area (Å²) < 4.78 is 0. The molecule has 82 valence electrons. The molecule has 1 aromatic rings. The molecule has 0 bridgehead atoms. The van der Waals surface area contributed by atoms with Gasteiger partial charge in [-0.15, -0.1) is 0 Å². The third kappa shape index (κ3) is 2.79. The van der Waals surface area contributed by atoms with Crippen molar-refractivity contribution in [3.8, 4) is 0 Å². The Bertz CT molecular complexity index is 331. The van der Waals surface area contributed by atoms with Crippen LogP contribution < -0.4 is 11.1 Å². The van der Waals surface area contributed by atoms with Crippen molar-refractivity contribution in [2.75, 3.05) is 17.6 Å². The maximum absolute atomic E-state index is 9.37. The van der Waals surface area contributed by atoms with Gasteiger partial charge in [-0.3, -0.25) is 0 Å². The van der Waals surface area contributed by atoms with E-state index in [0.29, 0.717) is 11.7 Å². The van der Waals surface area contributed by atoms with Crippen LogP contribution >= 0.6 is 0 Å². The number of anilines is 2. The lowest BCUT2D eigenvalue weighted by Gasteiger charge is -2.11. The Kier molecular flexibility index (Phi) is 3.01. The molecule has 0 aliphatic heterocycles. The highest BCUT2D eigenvalue weighted by molar-refractivity contribution is 5.43. The highest BCUT2D eigenvalue weighted by Gasteiger charge is 2.22. The second-order valence-corrected chi connectivity index (χ2v) is 4.04. The number of nitrogens with zero attached hydrogens (tertiary/aromatic N) is 2. The molecular formula is C10H16N4O. The zero-order valence-corrected chi connectivity index (χ0v) is 8.56. The van der Waals surface area contributed by atoms with Crippen molar-refractivity contribution in [2.24, 2.45) is 5.92 Å². The molecule has 0 aromatic carbocycles. The van der Waals surface area contributed by atoms with Crippen LogP contribution in [0.5, 0.6) is 0 Å². The zero-order chi connectivity index (χ0) is 10.7. The number of aromatic nitrogens is 2. The first kappa shape index (κ1) is 10.2. The van der Waals surface area contributed by atoms with Crippen LogP contribution in [0.25, 0.3) is 0 Å². The van der Waals surface area contributed by atoms with Crippen LogP contribution in [0.2, 0.25) is 0 Å². The van der Waals surface area contributed by atoms with E-state index in [1.165, 1.54) is 6.33 Å². The maximum Gasteiger partial charge on any atom is 0.131 e. The minimum Gasteiger partial charge on any atom is -0.393 e. The van der Waals surface area contributed by atoms with E-state index in [0.717, 1.165) is 31.6 Å². The highest BCUT2D eigenvalue weighted by atomic mass is 16.3. The van der Waals surface area contributed by atoms with E-state index in [1.54, 1.807) is 6.07 Å². The number of hydrogen-bond acceptors (Lipinski definition) is 5. The lowest BCUT2D eigenvalue weighted by molar-refractivity contribution is 0.178. The first-order valence-electron chi connectivity index (χ1n) is 5.23. The molecule has 1 fully saturated rings. The molecule has 4 N–H and O–H groups in total. The quantitative estimate of drug-likeness (QED) is 0.678. The molecule has 0 amide bonds. The number of nitrogen functional groups attached to an aromatic ring is 1. The predicted octanol–water partition coefficient (Wildman–Crippen LogP) is 0.632. The number of nitrogens with one attached hydrogen (secondary N) is 1. The van der Waals surface area contributed by atoms with Gasteiger partial charge in [-0.2, -0.15) is 0 Å².